The van der Waals surface area contributed by atoms with Crippen molar-refractivity contribution in [2.24, 2.45) is 0 Å². The molecule has 52 valence electrons. The summed E-state index contributed by atoms with van der Waals surface area (Å²) in [6, 6.07) is 0. The molecular weight excluding hydrogens is 116 g/mol. The first-order chi connectivity index (χ1) is 4.18. The molecule has 0 saturated heterocycles. The Balaban J connectivity index is 3.50. The zero-order valence-electron chi connectivity index (χ0n) is 5.79. The van der Waals surface area contributed by atoms with Gasteiger partial charge in [-0.05, 0) is 20.3 Å². The maximum Gasteiger partial charge on any atom is 0.158 e. The Morgan fingerprint density at radius 3 is 2.67 bits per heavy atom. The molecule has 0 saturated carbocycles. The van der Waals surface area contributed by atoms with Crippen molar-refractivity contribution in [1.29, 1.82) is 0 Å². The maximum atomic E-state index is 10.4. The van der Waals surface area contributed by atoms with Crippen molar-refractivity contribution >= 4 is 5.78 Å². The second-order valence-corrected chi connectivity index (χ2v) is 1.93. The van der Waals surface area contributed by atoms with Crippen molar-refractivity contribution in [3.05, 3.63) is 12.2 Å². The van der Waals surface area contributed by atoms with Crippen LogP contribution in [-0.2, 0) is 4.79 Å². The van der Waals surface area contributed by atoms with Crippen LogP contribution in [0.1, 0.15) is 20.3 Å². The van der Waals surface area contributed by atoms with E-state index in [1.807, 2.05) is 13.0 Å². The molecule has 2 nitrogen and oxygen atoms in total. The molecule has 0 unspecified atom stereocenters. The van der Waals surface area contributed by atoms with Crippen molar-refractivity contribution in [3.8, 4) is 0 Å². The van der Waals surface area contributed by atoms with Crippen LogP contribution in [0.5, 0.6) is 0 Å². The lowest BCUT2D eigenvalue weighted by Crippen LogP contribution is -2.15. The quantitative estimate of drug-likeness (QED) is 0.573. The summed E-state index contributed by atoms with van der Waals surface area (Å²) in [5, 5.41) is 8.86. The predicted molar refractivity (Wildman–Crippen MR) is 36.1 cm³/mol. The third kappa shape index (κ3) is 3.91. The predicted octanol–water partition coefficient (Wildman–Crippen LogP) is 0.903. The van der Waals surface area contributed by atoms with E-state index >= 15 is 0 Å². The normalized spacial score (nSPS) is 14.1. The molecule has 9 heavy (non-hydrogen) atoms. The molecule has 0 aromatic heterocycles. The molecule has 0 aliphatic carbocycles. The van der Waals surface area contributed by atoms with Crippen LogP contribution >= 0.6 is 0 Å². The summed E-state index contributed by atoms with van der Waals surface area (Å²) in [7, 11) is 0. The molecule has 0 spiro atoms. The minimum atomic E-state index is -0.804. The van der Waals surface area contributed by atoms with Gasteiger partial charge in [-0.2, -0.15) is 0 Å². The number of allylic oxidation sites excluding steroid dienone is 1. The molecule has 0 fully saturated rings. The van der Waals surface area contributed by atoms with Gasteiger partial charge in [0, 0.05) is 0 Å². The van der Waals surface area contributed by atoms with Crippen molar-refractivity contribution in [1.82, 2.24) is 0 Å². The molecular formula is C7H12O2. The van der Waals surface area contributed by atoms with Crippen LogP contribution in [0.15, 0.2) is 12.2 Å². The molecule has 1 N–H and O–H groups in total. The van der Waals surface area contributed by atoms with Crippen LogP contribution in [0, 0.1) is 0 Å². The van der Waals surface area contributed by atoms with Crippen molar-refractivity contribution in [2.45, 2.75) is 26.4 Å². The van der Waals surface area contributed by atoms with Crippen molar-refractivity contribution in [2.75, 3.05) is 0 Å². The summed E-state index contributed by atoms with van der Waals surface area (Å²) >= 11 is 0. The summed E-state index contributed by atoms with van der Waals surface area (Å²) < 4.78 is 0. The van der Waals surface area contributed by atoms with E-state index in [1.54, 1.807) is 6.08 Å². The van der Waals surface area contributed by atoms with Gasteiger partial charge in [0.05, 0.1) is 0 Å². The maximum absolute atomic E-state index is 10.4. The van der Waals surface area contributed by atoms with Crippen LogP contribution in [0.3, 0.4) is 0 Å². The average Bonchev–Trinajstić information content (AvgIpc) is 1.82. The fourth-order valence-corrected chi connectivity index (χ4v) is 0.431. The third-order valence-corrected chi connectivity index (χ3v) is 1.06. The Hall–Kier alpha value is -0.630. The van der Waals surface area contributed by atoms with Gasteiger partial charge in [-0.1, -0.05) is 12.2 Å². The highest BCUT2D eigenvalue weighted by Crippen LogP contribution is 1.93. The first-order valence-electron chi connectivity index (χ1n) is 2.98. The van der Waals surface area contributed by atoms with E-state index in [1.165, 1.54) is 6.92 Å². The van der Waals surface area contributed by atoms with E-state index in [0.29, 0.717) is 6.42 Å². The second kappa shape index (κ2) is 4.27. The zero-order chi connectivity index (χ0) is 7.28. The number of ketones is 1. The van der Waals surface area contributed by atoms with Gasteiger partial charge in [0.15, 0.2) is 5.78 Å². The van der Waals surface area contributed by atoms with E-state index < -0.39 is 6.10 Å². The number of carbonyl (C=O) groups is 1. The van der Waals surface area contributed by atoms with Gasteiger partial charge in [-0.3, -0.25) is 4.79 Å². The number of hydrogen-bond acceptors (Lipinski definition) is 2. The Labute approximate surface area is 55.2 Å². The summed E-state index contributed by atoms with van der Waals surface area (Å²) in [5.74, 6) is -0.173. The summed E-state index contributed by atoms with van der Waals surface area (Å²) in [4.78, 5) is 10.4. The fraction of sp³-hybridized carbons (Fsp3) is 0.571. The zero-order valence-corrected chi connectivity index (χ0v) is 5.79. The van der Waals surface area contributed by atoms with Crippen molar-refractivity contribution in [3.63, 3.8) is 0 Å². The second-order valence-electron chi connectivity index (χ2n) is 1.93. The van der Waals surface area contributed by atoms with Gasteiger partial charge < -0.3 is 5.11 Å². The van der Waals surface area contributed by atoms with Crippen LogP contribution in [0.25, 0.3) is 0 Å². The number of aliphatic hydroxyl groups excluding tert-OH is 1. The standard InChI is InChI=1S/C7H12O2/c1-3-4-5-7(9)6(2)8/h3-4,7,9H,5H2,1-2H3/b4-3-/t7-/m1/s1. The molecule has 0 heterocycles. The first-order valence-corrected chi connectivity index (χ1v) is 2.98. The lowest BCUT2D eigenvalue weighted by atomic mass is 10.2. The third-order valence-electron chi connectivity index (χ3n) is 1.06. The minimum absolute atomic E-state index is 0.173. The van der Waals surface area contributed by atoms with E-state index in [2.05, 4.69) is 0 Å². The average molecular weight is 128 g/mol. The SMILES string of the molecule is C/C=C\C[C@@H](O)C(C)=O. The number of carbonyl (C=O) groups excluding carboxylic acids is 1. The molecule has 0 aromatic rings. The lowest BCUT2D eigenvalue weighted by Gasteiger charge is -1.99. The molecule has 0 aliphatic heterocycles. The summed E-state index contributed by atoms with van der Waals surface area (Å²) in [6.07, 6.45) is 3.21. The lowest BCUT2D eigenvalue weighted by molar-refractivity contribution is -0.124. The van der Waals surface area contributed by atoms with Gasteiger partial charge in [0.25, 0.3) is 0 Å². The van der Waals surface area contributed by atoms with Gasteiger partial charge >= 0.3 is 0 Å². The number of Topliss-reactive ketones (excluding diaryl/α,β-unsaturated/α-hetero) is 1. The molecule has 0 bridgehead atoms. The van der Waals surface area contributed by atoms with E-state index in [9.17, 15) is 4.79 Å². The molecule has 0 amide bonds. The number of rotatable bonds is 3. The molecule has 0 aliphatic rings. The largest absolute Gasteiger partial charge is 0.385 e. The van der Waals surface area contributed by atoms with E-state index in [0.717, 1.165) is 0 Å². The highest BCUT2D eigenvalue weighted by molar-refractivity contribution is 5.80. The highest BCUT2D eigenvalue weighted by Gasteiger charge is 2.05. The fourth-order valence-electron chi connectivity index (χ4n) is 0.431. The molecule has 1 atom stereocenters. The molecule has 2 heteroatoms. The number of hydrogen-bond donors (Lipinski definition) is 1. The van der Waals surface area contributed by atoms with Crippen LogP contribution in [0.2, 0.25) is 0 Å². The highest BCUT2D eigenvalue weighted by atomic mass is 16.3. The molecule has 0 radical (unpaired) electrons. The Kier molecular flexibility index (Phi) is 3.97. The van der Waals surface area contributed by atoms with E-state index in [-0.39, 0.29) is 5.78 Å². The van der Waals surface area contributed by atoms with Gasteiger partial charge in [-0.25, -0.2) is 0 Å². The Bertz CT molecular complexity index is 116. The Morgan fingerprint density at radius 2 is 2.33 bits per heavy atom. The topological polar surface area (TPSA) is 37.3 Å². The van der Waals surface area contributed by atoms with Gasteiger partial charge in [0.2, 0.25) is 0 Å². The Morgan fingerprint density at radius 1 is 1.78 bits per heavy atom. The minimum Gasteiger partial charge on any atom is -0.385 e. The summed E-state index contributed by atoms with van der Waals surface area (Å²) in [5.41, 5.74) is 0. The van der Waals surface area contributed by atoms with Crippen LogP contribution in [-0.4, -0.2) is 17.0 Å². The molecule has 0 rings (SSSR count). The van der Waals surface area contributed by atoms with Gasteiger partial charge in [-0.15, -0.1) is 0 Å². The van der Waals surface area contributed by atoms with Crippen LogP contribution < -0.4 is 0 Å². The van der Waals surface area contributed by atoms with Crippen molar-refractivity contribution < 1.29 is 9.90 Å². The number of aliphatic hydroxyl groups is 1. The first kappa shape index (κ1) is 8.37. The van der Waals surface area contributed by atoms with Gasteiger partial charge in [0.1, 0.15) is 6.10 Å². The monoisotopic (exact) mass is 128 g/mol. The molecule has 0 aromatic carbocycles. The smallest absolute Gasteiger partial charge is 0.158 e. The van der Waals surface area contributed by atoms with Crippen LogP contribution in [0.4, 0.5) is 0 Å². The van der Waals surface area contributed by atoms with E-state index in [4.69, 9.17) is 5.11 Å². The summed E-state index contributed by atoms with van der Waals surface area (Å²) in [6.45, 7) is 3.24.